The van der Waals surface area contributed by atoms with Gasteiger partial charge in [-0.15, -0.1) is 0 Å². The Kier molecular flexibility index (Phi) is 7.06. The molecule has 5 nitrogen and oxygen atoms in total. The van der Waals surface area contributed by atoms with Gasteiger partial charge in [-0.2, -0.15) is 5.26 Å². The van der Waals surface area contributed by atoms with E-state index in [0.29, 0.717) is 5.92 Å². The molecule has 1 saturated heterocycles. The van der Waals surface area contributed by atoms with Crippen molar-refractivity contribution in [3.05, 3.63) is 54.1 Å². The SMILES string of the molecule is COc1ccc(S(=O)c2ccc(C(C#N)(C3CCCCC3)N3CCNCC3)cc2)cc1. The van der Waals surface area contributed by atoms with E-state index in [9.17, 15) is 9.47 Å². The van der Waals surface area contributed by atoms with Crippen molar-refractivity contribution < 1.29 is 8.95 Å². The van der Waals surface area contributed by atoms with Gasteiger partial charge >= 0.3 is 0 Å². The molecule has 0 amide bonds. The van der Waals surface area contributed by atoms with E-state index in [2.05, 4.69) is 16.3 Å². The number of nitrogens with zero attached hydrogens (tertiary/aromatic N) is 2. The van der Waals surface area contributed by atoms with E-state index in [1.165, 1.54) is 19.3 Å². The highest BCUT2D eigenvalue weighted by Crippen LogP contribution is 2.43. The lowest BCUT2D eigenvalue weighted by Crippen LogP contribution is -2.57. The first kappa shape index (κ1) is 22.0. The summed E-state index contributed by atoms with van der Waals surface area (Å²) in [7, 11) is 0.356. The summed E-state index contributed by atoms with van der Waals surface area (Å²) in [6, 6.07) is 18.1. The van der Waals surface area contributed by atoms with Crippen molar-refractivity contribution in [2.24, 2.45) is 5.92 Å². The smallest absolute Gasteiger partial charge is 0.137 e. The predicted octanol–water partition coefficient (Wildman–Crippen LogP) is 4.07. The molecule has 1 saturated carbocycles. The molecular weight excluding hydrogens is 406 g/mol. The molecule has 2 unspecified atom stereocenters. The van der Waals surface area contributed by atoms with Crippen molar-refractivity contribution in [3.8, 4) is 11.8 Å². The number of ether oxygens (including phenoxy) is 1. The van der Waals surface area contributed by atoms with Crippen LogP contribution in [0.5, 0.6) is 5.75 Å². The number of rotatable bonds is 6. The van der Waals surface area contributed by atoms with Crippen LogP contribution < -0.4 is 10.1 Å². The fourth-order valence-corrected chi connectivity index (χ4v) is 6.15. The highest BCUT2D eigenvalue weighted by atomic mass is 32.2. The molecule has 1 heterocycles. The Morgan fingerprint density at radius 1 is 1.00 bits per heavy atom. The molecule has 31 heavy (non-hydrogen) atoms. The number of piperazine rings is 1. The van der Waals surface area contributed by atoms with Gasteiger partial charge in [-0.3, -0.25) is 4.90 Å². The molecule has 164 valence electrons. The molecule has 4 rings (SSSR count). The second-order valence-electron chi connectivity index (χ2n) is 8.42. The Bertz CT molecular complexity index is 907. The fraction of sp³-hybridized carbons (Fsp3) is 0.480. The molecule has 6 heteroatoms. The third-order valence-electron chi connectivity index (χ3n) is 6.76. The minimum Gasteiger partial charge on any atom is -0.497 e. The van der Waals surface area contributed by atoms with E-state index in [4.69, 9.17) is 4.74 Å². The van der Waals surface area contributed by atoms with Crippen LogP contribution in [0.25, 0.3) is 0 Å². The summed E-state index contributed by atoms with van der Waals surface area (Å²) >= 11 is 0. The molecule has 2 fully saturated rings. The lowest BCUT2D eigenvalue weighted by molar-refractivity contribution is 0.0462. The predicted molar refractivity (Wildman–Crippen MR) is 122 cm³/mol. The highest BCUT2D eigenvalue weighted by Gasteiger charge is 2.46. The van der Waals surface area contributed by atoms with Gasteiger partial charge in [0.15, 0.2) is 0 Å². The molecule has 0 spiro atoms. The average molecular weight is 438 g/mol. The topological polar surface area (TPSA) is 65.4 Å². The standard InChI is InChI=1S/C25H31N3O2S/c1-30-22-9-13-24(14-10-22)31(29)23-11-7-21(8-12-23)25(19-26,20-5-3-2-4-6-20)28-17-15-27-16-18-28/h7-14,20,27H,2-6,15-18H2,1H3. The van der Waals surface area contributed by atoms with Gasteiger partial charge in [0, 0.05) is 36.0 Å². The number of nitriles is 1. The summed E-state index contributed by atoms with van der Waals surface area (Å²) in [5.74, 6) is 1.08. The number of benzene rings is 2. The van der Waals surface area contributed by atoms with Gasteiger partial charge in [-0.05, 0) is 60.7 Å². The monoisotopic (exact) mass is 437 g/mol. The van der Waals surface area contributed by atoms with Gasteiger partial charge in [0.2, 0.25) is 0 Å². The first-order valence-electron chi connectivity index (χ1n) is 11.2. The van der Waals surface area contributed by atoms with E-state index in [0.717, 1.165) is 60.1 Å². The number of nitrogens with one attached hydrogen (secondary N) is 1. The molecule has 0 bridgehead atoms. The van der Waals surface area contributed by atoms with Crippen LogP contribution in [0, 0.1) is 17.2 Å². The van der Waals surface area contributed by atoms with Crippen LogP contribution >= 0.6 is 0 Å². The summed E-state index contributed by atoms with van der Waals surface area (Å²) in [6.07, 6.45) is 5.84. The first-order chi connectivity index (χ1) is 15.2. The van der Waals surface area contributed by atoms with Crippen LogP contribution in [0.15, 0.2) is 58.3 Å². The van der Waals surface area contributed by atoms with Crippen molar-refractivity contribution in [1.29, 1.82) is 5.26 Å². The van der Waals surface area contributed by atoms with Gasteiger partial charge in [-0.1, -0.05) is 31.4 Å². The third-order valence-corrected chi connectivity index (χ3v) is 8.16. The molecule has 2 aromatic rings. The maximum atomic E-state index is 13.1. The molecule has 1 N–H and O–H groups in total. The highest BCUT2D eigenvalue weighted by molar-refractivity contribution is 7.85. The second-order valence-corrected chi connectivity index (χ2v) is 9.90. The zero-order chi connectivity index (χ0) is 21.7. The maximum Gasteiger partial charge on any atom is 0.137 e. The minimum atomic E-state index is -1.27. The van der Waals surface area contributed by atoms with Crippen molar-refractivity contribution in [2.75, 3.05) is 33.3 Å². The molecule has 2 aliphatic rings. The van der Waals surface area contributed by atoms with Gasteiger partial charge < -0.3 is 10.1 Å². The number of methoxy groups -OCH3 is 1. The Morgan fingerprint density at radius 2 is 1.58 bits per heavy atom. The molecular formula is C25H31N3O2S. The van der Waals surface area contributed by atoms with Crippen LogP contribution in [-0.4, -0.2) is 42.4 Å². The largest absolute Gasteiger partial charge is 0.497 e. The Labute approximate surface area is 187 Å². The molecule has 2 aromatic carbocycles. The van der Waals surface area contributed by atoms with Gasteiger partial charge in [0.25, 0.3) is 0 Å². The van der Waals surface area contributed by atoms with E-state index in [1.807, 2.05) is 48.5 Å². The number of hydrogen-bond donors (Lipinski definition) is 1. The summed E-state index contributed by atoms with van der Waals surface area (Å²) in [5, 5.41) is 14.0. The zero-order valence-electron chi connectivity index (χ0n) is 18.2. The summed E-state index contributed by atoms with van der Waals surface area (Å²) < 4.78 is 18.3. The molecule has 0 aromatic heterocycles. The second kappa shape index (κ2) is 9.95. The molecule has 2 atom stereocenters. The van der Waals surface area contributed by atoms with Gasteiger partial charge in [0.1, 0.15) is 11.3 Å². The van der Waals surface area contributed by atoms with Crippen LogP contribution in [0.2, 0.25) is 0 Å². The Morgan fingerprint density at radius 3 is 2.13 bits per heavy atom. The summed E-state index contributed by atoms with van der Waals surface area (Å²) in [4.78, 5) is 3.88. The van der Waals surface area contributed by atoms with Gasteiger partial charge in [-0.25, -0.2) is 4.21 Å². The Hall–Kier alpha value is -2.20. The van der Waals surface area contributed by atoms with Crippen molar-refractivity contribution >= 4 is 10.8 Å². The molecule has 0 radical (unpaired) electrons. The lowest BCUT2D eigenvalue weighted by atomic mass is 9.70. The average Bonchev–Trinajstić information content (AvgIpc) is 2.86. The van der Waals surface area contributed by atoms with Crippen LogP contribution in [-0.2, 0) is 16.3 Å². The minimum absolute atomic E-state index is 0.335. The quantitative estimate of drug-likeness (QED) is 0.738. The summed E-state index contributed by atoms with van der Waals surface area (Å²) in [5.41, 5.74) is 0.433. The van der Waals surface area contributed by atoms with E-state index in [-0.39, 0.29) is 0 Å². The maximum absolute atomic E-state index is 13.1. The van der Waals surface area contributed by atoms with Crippen molar-refractivity contribution in [1.82, 2.24) is 10.2 Å². The zero-order valence-corrected chi connectivity index (χ0v) is 19.0. The van der Waals surface area contributed by atoms with E-state index < -0.39 is 16.3 Å². The first-order valence-corrected chi connectivity index (χ1v) is 12.4. The van der Waals surface area contributed by atoms with E-state index >= 15 is 0 Å². The van der Waals surface area contributed by atoms with Crippen LogP contribution in [0.3, 0.4) is 0 Å². The van der Waals surface area contributed by atoms with E-state index in [1.54, 1.807) is 7.11 Å². The fourth-order valence-electron chi connectivity index (χ4n) is 5.11. The molecule has 1 aliphatic carbocycles. The van der Waals surface area contributed by atoms with Crippen LogP contribution in [0.4, 0.5) is 0 Å². The Balaban J connectivity index is 1.65. The van der Waals surface area contributed by atoms with Crippen molar-refractivity contribution in [3.63, 3.8) is 0 Å². The molecule has 1 aliphatic heterocycles. The van der Waals surface area contributed by atoms with Crippen molar-refractivity contribution in [2.45, 2.75) is 47.4 Å². The third kappa shape index (κ3) is 4.41. The van der Waals surface area contributed by atoms with Crippen LogP contribution in [0.1, 0.15) is 37.7 Å². The normalized spacial score (nSPS) is 21.0. The lowest BCUT2D eigenvalue weighted by Gasteiger charge is -2.47. The van der Waals surface area contributed by atoms with Gasteiger partial charge in [0.05, 0.1) is 24.0 Å². The summed E-state index contributed by atoms with van der Waals surface area (Å²) in [6.45, 7) is 3.58. The number of hydrogen-bond acceptors (Lipinski definition) is 5.